The summed E-state index contributed by atoms with van der Waals surface area (Å²) in [7, 11) is 0. The molecule has 0 aliphatic heterocycles. The van der Waals surface area contributed by atoms with Crippen molar-refractivity contribution in [2.45, 2.75) is 32.4 Å². The summed E-state index contributed by atoms with van der Waals surface area (Å²) < 4.78 is 81.5. The number of benzene rings is 4. The van der Waals surface area contributed by atoms with E-state index in [1.807, 2.05) is 13.0 Å². The van der Waals surface area contributed by atoms with Crippen LogP contribution in [-0.4, -0.2) is 0 Å². The molecular weight excluding hydrogens is 438 g/mol. The molecule has 0 aliphatic rings. The molecule has 0 fully saturated rings. The van der Waals surface area contributed by atoms with Crippen LogP contribution in [0.4, 0.5) is 26.3 Å². The Labute approximate surface area is 187 Å². The van der Waals surface area contributed by atoms with Crippen LogP contribution < -0.4 is 0 Å². The Hall–Kier alpha value is -3.28. The Balaban J connectivity index is 1.57. The largest absolute Gasteiger partial charge is 0.419 e. The van der Waals surface area contributed by atoms with Gasteiger partial charge in [0.2, 0.25) is 0 Å². The Bertz CT molecular complexity index is 1320. The summed E-state index contributed by atoms with van der Waals surface area (Å²) >= 11 is 0. The zero-order valence-electron chi connectivity index (χ0n) is 17.7. The van der Waals surface area contributed by atoms with Crippen LogP contribution in [0, 0.1) is 17.5 Å². The Morgan fingerprint density at radius 1 is 0.697 bits per heavy atom. The van der Waals surface area contributed by atoms with Gasteiger partial charge in [0.25, 0.3) is 0 Å². The number of hydrogen-bond acceptors (Lipinski definition) is 0. The van der Waals surface area contributed by atoms with E-state index in [9.17, 15) is 22.0 Å². The molecule has 4 aromatic rings. The van der Waals surface area contributed by atoms with Crippen LogP contribution in [-0.2, 0) is 25.4 Å². The number of alkyl halides is 3. The second kappa shape index (κ2) is 8.93. The minimum atomic E-state index is -4.76. The van der Waals surface area contributed by atoms with E-state index < -0.39 is 23.4 Å². The molecule has 0 aromatic heterocycles. The van der Waals surface area contributed by atoms with Crippen molar-refractivity contribution >= 4 is 10.8 Å². The van der Waals surface area contributed by atoms with Gasteiger partial charge in [0.05, 0.1) is 5.56 Å². The summed E-state index contributed by atoms with van der Waals surface area (Å²) in [5.74, 6) is -2.13. The summed E-state index contributed by atoms with van der Waals surface area (Å²) in [4.78, 5) is 0. The molecule has 0 saturated carbocycles. The topological polar surface area (TPSA) is 0 Å². The smallest absolute Gasteiger partial charge is 0.206 e. The second-order valence-corrected chi connectivity index (χ2v) is 7.95. The normalized spacial score (nSPS) is 11.8. The molecule has 0 amide bonds. The summed E-state index contributed by atoms with van der Waals surface area (Å²) in [6.45, 7) is 1.94. The molecule has 4 rings (SSSR count). The van der Waals surface area contributed by atoms with Crippen molar-refractivity contribution in [2.24, 2.45) is 0 Å². The van der Waals surface area contributed by atoms with Crippen LogP contribution in [0.2, 0.25) is 0 Å². The van der Waals surface area contributed by atoms with Crippen LogP contribution in [0.15, 0.2) is 66.7 Å². The van der Waals surface area contributed by atoms with Crippen molar-refractivity contribution < 1.29 is 26.3 Å². The Morgan fingerprint density at radius 3 is 2.09 bits per heavy atom. The molecule has 0 aliphatic carbocycles. The van der Waals surface area contributed by atoms with Crippen molar-refractivity contribution in [1.82, 2.24) is 0 Å². The maximum absolute atomic E-state index is 15.1. The number of aryl methyl sites for hydroxylation is 3. The molecule has 0 saturated heterocycles. The Kier molecular flexibility index (Phi) is 6.19. The molecule has 0 heterocycles. The van der Waals surface area contributed by atoms with Crippen molar-refractivity contribution in [3.05, 3.63) is 106 Å². The van der Waals surface area contributed by atoms with Gasteiger partial charge >= 0.3 is 6.18 Å². The molecule has 0 nitrogen and oxygen atoms in total. The molecule has 4 aromatic carbocycles. The van der Waals surface area contributed by atoms with Crippen molar-refractivity contribution in [2.75, 3.05) is 0 Å². The molecule has 0 spiro atoms. The first-order valence-electron chi connectivity index (χ1n) is 10.5. The lowest BCUT2D eigenvalue weighted by molar-refractivity contribution is -0.140. The highest BCUT2D eigenvalue weighted by molar-refractivity contribution is 5.88. The van der Waals surface area contributed by atoms with Crippen molar-refractivity contribution in [1.29, 1.82) is 0 Å². The molecule has 33 heavy (non-hydrogen) atoms. The highest BCUT2D eigenvalue weighted by Crippen LogP contribution is 2.32. The first-order chi connectivity index (χ1) is 15.7. The quantitative estimate of drug-likeness (QED) is 0.264. The lowest BCUT2D eigenvalue weighted by atomic mass is 9.96. The second-order valence-electron chi connectivity index (χ2n) is 7.95. The van der Waals surface area contributed by atoms with E-state index in [1.54, 1.807) is 36.4 Å². The van der Waals surface area contributed by atoms with Crippen LogP contribution in [0.25, 0.3) is 21.9 Å². The Morgan fingerprint density at radius 2 is 1.42 bits per heavy atom. The average Bonchev–Trinajstić information content (AvgIpc) is 2.77. The molecule has 0 bridgehead atoms. The maximum Gasteiger partial charge on any atom is 0.419 e. The van der Waals surface area contributed by atoms with E-state index in [4.69, 9.17) is 0 Å². The van der Waals surface area contributed by atoms with Crippen LogP contribution >= 0.6 is 0 Å². The standard InChI is InChI=1S/C27H20F6/c1-2-16-4-10-21(24(28)13-16)19-9-11-22-20(15-19)8-7-18(26(22)30)6-3-17-5-12-23(25(29)14-17)27(31,32)33/h4-5,7-15H,2-3,6H2,1H3. The minimum Gasteiger partial charge on any atom is -0.206 e. The van der Waals surface area contributed by atoms with E-state index >= 15 is 4.39 Å². The highest BCUT2D eigenvalue weighted by Gasteiger charge is 2.33. The lowest BCUT2D eigenvalue weighted by Gasteiger charge is -2.11. The SMILES string of the molecule is CCc1ccc(-c2ccc3c(F)c(CCc4ccc(C(F)(F)F)c(F)c4)ccc3c2)c(F)c1. The van der Waals surface area contributed by atoms with E-state index in [0.717, 1.165) is 18.1 Å². The van der Waals surface area contributed by atoms with Gasteiger partial charge in [0, 0.05) is 10.9 Å². The first kappa shape index (κ1) is 22.9. The summed E-state index contributed by atoms with van der Waals surface area (Å²) in [6, 6.07) is 16.1. The van der Waals surface area contributed by atoms with Gasteiger partial charge < -0.3 is 0 Å². The molecule has 0 atom stereocenters. The van der Waals surface area contributed by atoms with E-state index in [0.29, 0.717) is 39.1 Å². The van der Waals surface area contributed by atoms with Gasteiger partial charge in [-0.3, -0.25) is 0 Å². The summed E-state index contributed by atoms with van der Waals surface area (Å²) in [5.41, 5.74) is 1.36. The van der Waals surface area contributed by atoms with Gasteiger partial charge in [0.1, 0.15) is 17.5 Å². The summed E-state index contributed by atoms with van der Waals surface area (Å²) in [5, 5.41) is 0.966. The third-order valence-electron chi connectivity index (χ3n) is 5.81. The monoisotopic (exact) mass is 458 g/mol. The fourth-order valence-corrected chi connectivity index (χ4v) is 3.93. The first-order valence-corrected chi connectivity index (χ1v) is 10.5. The molecule has 6 heteroatoms. The fraction of sp³-hybridized carbons (Fsp3) is 0.185. The van der Waals surface area contributed by atoms with E-state index in [1.165, 1.54) is 12.1 Å². The third-order valence-corrected chi connectivity index (χ3v) is 5.81. The predicted molar refractivity (Wildman–Crippen MR) is 117 cm³/mol. The molecular formula is C27H20F6. The van der Waals surface area contributed by atoms with Crippen LogP contribution in [0.3, 0.4) is 0 Å². The molecule has 0 N–H and O–H groups in total. The number of hydrogen-bond donors (Lipinski definition) is 0. The number of fused-ring (bicyclic) bond motifs is 1. The van der Waals surface area contributed by atoms with Gasteiger partial charge in [-0.1, -0.05) is 49.4 Å². The summed E-state index contributed by atoms with van der Waals surface area (Å²) in [6.07, 6.45) is -3.65. The van der Waals surface area contributed by atoms with Gasteiger partial charge in [0.15, 0.2) is 0 Å². The van der Waals surface area contributed by atoms with Crippen molar-refractivity contribution in [3.63, 3.8) is 0 Å². The van der Waals surface area contributed by atoms with Gasteiger partial charge in [-0.15, -0.1) is 0 Å². The molecule has 0 radical (unpaired) electrons. The maximum atomic E-state index is 15.1. The molecule has 170 valence electrons. The minimum absolute atomic E-state index is 0.185. The average molecular weight is 458 g/mol. The zero-order chi connectivity index (χ0) is 23.8. The molecule has 0 unspecified atom stereocenters. The van der Waals surface area contributed by atoms with Crippen molar-refractivity contribution in [3.8, 4) is 11.1 Å². The zero-order valence-corrected chi connectivity index (χ0v) is 17.7. The fourth-order valence-electron chi connectivity index (χ4n) is 3.93. The lowest BCUT2D eigenvalue weighted by Crippen LogP contribution is -2.08. The van der Waals surface area contributed by atoms with E-state index in [-0.39, 0.29) is 18.7 Å². The van der Waals surface area contributed by atoms with Crippen LogP contribution in [0.1, 0.15) is 29.2 Å². The van der Waals surface area contributed by atoms with Gasteiger partial charge in [-0.2, -0.15) is 13.2 Å². The van der Waals surface area contributed by atoms with Gasteiger partial charge in [-0.25, -0.2) is 13.2 Å². The predicted octanol–water partition coefficient (Wildman–Crippen LogP) is 8.29. The number of halogens is 6. The van der Waals surface area contributed by atoms with E-state index in [2.05, 4.69) is 0 Å². The van der Waals surface area contributed by atoms with Crippen LogP contribution in [0.5, 0.6) is 0 Å². The van der Waals surface area contributed by atoms with Gasteiger partial charge in [-0.05, 0) is 71.2 Å². The third kappa shape index (κ3) is 4.75. The highest BCUT2D eigenvalue weighted by atomic mass is 19.4. The number of rotatable bonds is 5.